The van der Waals surface area contributed by atoms with Crippen LogP contribution in [0.25, 0.3) is 6.08 Å². The standard InChI is InChI=1S/C19H16N2O5/c1-12(2)25-17-9-4-3-6-13(17)11-16-19(22)26-18(20-16)14-7-5-8-15(10-14)21(23)24/h3-12H,1-2H3/b16-11-. The van der Waals surface area contributed by atoms with Crippen LogP contribution in [0.3, 0.4) is 0 Å². The zero-order valence-electron chi connectivity index (χ0n) is 14.2. The number of esters is 1. The maximum absolute atomic E-state index is 12.1. The first kappa shape index (κ1) is 17.3. The summed E-state index contributed by atoms with van der Waals surface area (Å²) in [5, 5.41) is 10.9. The van der Waals surface area contributed by atoms with Gasteiger partial charge in [-0.3, -0.25) is 10.1 Å². The molecule has 0 saturated heterocycles. The topological polar surface area (TPSA) is 91.0 Å². The lowest BCUT2D eigenvalue weighted by molar-refractivity contribution is -0.384. The highest BCUT2D eigenvalue weighted by Crippen LogP contribution is 2.26. The molecule has 0 amide bonds. The number of nitro groups is 1. The average Bonchev–Trinajstić information content (AvgIpc) is 2.97. The van der Waals surface area contributed by atoms with Crippen LogP contribution in [0.1, 0.15) is 25.0 Å². The third kappa shape index (κ3) is 3.77. The molecule has 3 rings (SSSR count). The van der Waals surface area contributed by atoms with Crippen LogP contribution in [0.15, 0.2) is 59.2 Å². The van der Waals surface area contributed by atoms with Crippen LogP contribution in [-0.4, -0.2) is 22.9 Å². The Labute approximate surface area is 149 Å². The fraction of sp³-hybridized carbons (Fsp3) is 0.158. The van der Waals surface area contributed by atoms with Gasteiger partial charge < -0.3 is 9.47 Å². The highest BCUT2D eigenvalue weighted by atomic mass is 16.6. The number of aliphatic imine (C=N–C) groups is 1. The van der Waals surface area contributed by atoms with Gasteiger partial charge in [-0.2, -0.15) is 0 Å². The molecule has 0 N–H and O–H groups in total. The minimum atomic E-state index is -0.620. The molecule has 7 heteroatoms. The Kier molecular flexibility index (Phi) is 4.79. The smallest absolute Gasteiger partial charge is 0.363 e. The van der Waals surface area contributed by atoms with Gasteiger partial charge in [0.05, 0.1) is 11.0 Å². The fourth-order valence-corrected chi connectivity index (χ4v) is 2.39. The van der Waals surface area contributed by atoms with E-state index >= 15 is 0 Å². The van der Waals surface area contributed by atoms with Gasteiger partial charge >= 0.3 is 5.97 Å². The van der Waals surface area contributed by atoms with Crippen LogP contribution in [0.5, 0.6) is 5.75 Å². The summed E-state index contributed by atoms with van der Waals surface area (Å²) in [7, 11) is 0. The first-order valence-corrected chi connectivity index (χ1v) is 7.97. The maximum Gasteiger partial charge on any atom is 0.363 e. The van der Waals surface area contributed by atoms with E-state index in [0.29, 0.717) is 16.9 Å². The molecule has 2 aromatic carbocycles. The van der Waals surface area contributed by atoms with E-state index in [0.717, 1.165) is 0 Å². The Hall–Kier alpha value is -3.48. The van der Waals surface area contributed by atoms with E-state index < -0.39 is 10.9 Å². The number of cyclic esters (lactones) is 1. The second-order valence-electron chi connectivity index (χ2n) is 5.85. The number of carbonyl (C=O) groups excluding carboxylic acids is 1. The molecule has 0 aromatic heterocycles. The molecule has 0 atom stereocenters. The van der Waals surface area contributed by atoms with Crippen molar-refractivity contribution < 1.29 is 19.2 Å². The van der Waals surface area contributed by atoms with Gasteiger partial charge in [-0.25, -0.2) is 9.79 Å². The number of carbonyl (C=O) groups is 1. The number of benzene rings is 2. The lowest BCUT2D eigenvalue weighted by atomic mass is 10.1. The Morgan fingerprint density at radius 3 is 2.69 bits per heavy atom. The molecule has 0 radical (unpaired) electrons. The van der Waals surface area contributed by atoms with Gasteiger partial charge in [0.25, 0.3) is 5.69 Å². The van der Waals surface area contributed by atoms with Gasteiger partial charge in [0.1, 0.15) is 5.75 Å². The molecule has 0 fully saturated rings. The molecule has 1 aliphatic heterocycles. The zero-order valence-corrected chi connectivity index (χ0v) is 14.2. The lowest BCUT2D eigenvalue weighted by Crippen LogP contribution is -2.07. The third-order valence-electron chi connectivity index (χ3n) is 3.50. The van der Waals surface area contributed by atoms with Crippen LogP contribution in [0, 0.1) is 10.1 Å². The molecule has 7 nitrogen and oxygen atoms in total. The van der Waals surface area contributed by atoms with Crippen molar-refractivity contribution >= 4 is 23.6 Å². The van der Waals surface area contributed by atoms with Crippen LogP contribution in [-0.2, 0) is 9.53 Å². The van der Waals surface area contributed by atoms with Crippen molar-refractivity contribution in [2.24, 2.45) is 4.99 Å². The number of nitro benzene ring substituents is 1. The number of nitrogens with zero attached hydrogens (tertiary/aromatic N) is 2. The summed E-state index contributed by atoms with van der Waals surface area (Å²) >= 11 is 0. The summed E-state index contributed by atoms with van der Waals surface area (Å²) in [6.07, 6.45) is 1.55. The fourth-order valence-electron chi connectivity index (χ4n) is 2.39. The number of non-ortho nitro benzene ring substituents is 1. The molecule has 1 heterocycles. The SMILES string of the molecule is CC(C)Oc1ccccc1/C=C1\N=C(c2cccc([N+](=O)[O-])c2)OC1=O. The van der Waals surface area contributed by atoms with Crippen molar-refractivity contribution in [1.82, 2.24) is 0 Å². The summed E-state index contributed by atoms with van der Waals surface area (Å²) in [6.45, 7) is 3.82. The van der Waals surface area contributed by atoms with E-state index in [-0.39, 0.29) is 23.4 Å². The number of hydrogen-bond donors (Lipinski definition) is 0. The second kappa shape index (κ2) is 7.18. The molecule has 26 heavy (non-hydrogen) atoms. The van der Waals surface area contributed by atoms with E-state index in [1.54, 1.807) is 24.3 Å². The van der Waals surface area contributed by atoms with Crippen molar-refractivity contribution in [1.29, 1.82) is 0 Å². The highest BCUT2D eigenvalue weighted by Gasteiger charge is 2.25. The molecular formula is C19H16N2O5. The monoisotopic (exact) mass is 352 g/mol. The van der Waals surface area contributed by atoms with Crippen LogP contribution < -0.4 is 4.74 Å². The first-order chi connectivity index (χ1) is 12.4. The molecule has 0 bridgehead atoms. The molecule has 132 valence electrons. The Bertz CT molecular complexity index is 931. The summed E-state index contributed by atoms with van der Waals surface area (Å²) in [6, 6.07) is 13.0. The van der Waals surface area contributed by atoms with E-state index in [9.17, 15) is 14.9 Å². The average molecular weight is 352 g/mol. The Balaban J connectivity index is 1.95. The van der Waals surface area contributed by atoms with E-state index in [4.69, 9.17) is 9.47 Å². The second-order valence-corrected chi connectivity index (χ2v) is 5.85. The van der Waals surface area contributed by atoms with E-state index in [1.165, 1.54) is 18.2 Å². The molecule has 1 aliphatic rings. The van der Waals surface area contributed by atoms with Crippen molar-refractivity contribution in [3.63, 3.8) is 0 Å². The predicted molar refractivity (Wildman–Crippen MR) is 95.9 cm³/mol. The van der Waals surface area contributed by atoms with Gasteiger partial charge in [-0.1, -0.05) is 24.3 Å². The number of ether oxygens (including phenoxy) is 2. The molecule has 2 aromatic rings. The molecule has 0 saturated carbocycles. The largest absolute Gasteiger partial charge is 0.490 e. The number of rotatable bonds is 5. The van der Waals surface area contributed by atoms with E-state index in [2.05, 4.69) is 4.99 Å². The maximum atomic E-state index is 12.1. The van der Waals surface area contributed by atoms with Gasteiger partial charge in [-0.15, -0.1) is 0 Å². The third-order valence-corrected chi connectivity index (χ3v) is 3.50. The molecule has 0 unspecified atom stereocenters. The quantitative estimate of drug-likeness (QED) is 0.354. The summed E-state index contributed by atoms with van der Waals surface area (Å²) in [5.74, 6) is 0.0415. The zero-order chi connectivity index (χ0) is 18.7. The van der Waals surface area contributed by atoms with Crippen molar-refractivity contribution in [3.8, 4) is 5.75 Å². The lowest BCUT2D eigenvalue weighted by Gasteiger charge is -2.12. The van der Waals surface area contributed by atoms with Crippen molar-refractivity contribution in [2.45, 2.75) is 20.0 Å². The van der Waals surface area contributed by atoms with E-state index in [1.807, 2.05) is 26.0 Å². The minimum absolute atomic E-state index is 0.0194. The van der Waals surface area contributed by atoms with Crippen molar-refractivity contribution in [3.05, 3.63) is 75.5 Å². The van der Waals surface area contributed by atoms with Gasteiger partial charge in [0.2, 0.25) is 5.90 Å². The Morgan fingerprint density at radius 2 is 1.96 bits per heavy atom. The van der Waals surface area contributed by atoms with Gasteiger partial charge in [0.15, 0.2) is 5.70 Å². The predicted octanol–water partition coefficient (Wildman–Crippen LogP) is 3.73. The summed E-state index contributed by atoms with van der Waals surface area (Å²) < 4.78 is 10.9. The first-order valence-electron chi connectivity index (χ1n) is 7.97. The molecule has 0 spiro atoms. The number of hydrogen-bond acceptors (Lipinski definition) is 6. The van der Waals surface area contributed by atoms with Crippen molar-refractivity contribution in [2.75, 3.05) is 0 Å². The minimum Gasteiger partial charge on any atom is -0.490 e. The van der Waals surface area contributed by atoms with Crippen LogP contribution in [0.2, 0.25) is 0 Å². The van der Waals surface area contributed by atoms with Gasteiger partial charge in [0, 0.05) is 23.3 Å². The highest BCUT2D eigenvalue weighted by molar-refractivity contribution is 6.13. The van der Waals surface area contributed by atoms with Crippen LogP contribution >= 0.6 is 0 Å². The molecular weight excluding hydrogens is 336 g/mol. The number of para-hydroxylation sites is 1. The normalized spacial score (nSPS) is 15.1. The Morgan fingerprint density at radius 1 is 1.19 bits per heavy atom. The van der Waals surface area contributed by atoms with Gasteiger partial charge in [-0.05, 0) is 32.1 Å². The summed E-state index contributed by atoms with van der Waals surface area (Å²) in [5.41, 5.74) is 1.06. The van der Waals surface area contributed by atoms with Crippen LogP contribution in [0.4, 0.5) is 5.69 Å². The molecule has 0 aliphatic carbocycles. The summed E-state index contributed by atoms with van der Waals surface area (Å²) in [4.78, 5) is 26.7.